The molecule has 146 valence electrons. The molecule has 0 aromatic rings. The molecule has 0 atom stereocenters. The van der Waals surface area contributed by atoms with Crippen molar-refractivity contribution in [2.45, 2.75) is 71.3 Å². The van der Waals surface area contributed by atoms with Crippen LogP contribution in [0.5, 0.6) is 0 Å². The van der Waals surface area contributed by atoms with Gasteiger partial charge in [-0.2, -0.15) is 0 Å². The quantitative estimate of drug-likeness (QED) is 0.678. The molecule has 2 N–H and O–H groups in total. The standard InChI is InChI=1S/C20H32N2O4/c1-4-19(2,3)22-16(23)12-26-17(24)11-21-18(25)20-8-13-5-14(9-20)7-15(6-13)10-20/h13-15H,4-12H2,1-3H3,(H,21,25)(H,22,23). The number of carbonyl (C=O) groups is 3. The number of nitrogens with one attached hydrogen (secondary N) is 2. The van der Waals surface area contributed by atoms with E-state index in [4.69, 9.17) is 4.74 Å². The number of hydrogen-bond acceptors (Lipinski definition) is 4. The summed E-state index contributed by atoms with van der Waals surface area (Å²) in [6, 6.07) is 0. The summed E-state index contributed by atoms with van der Waals surface area (Å²) in [5, 5.41) is 5.59. The number of carbonyl (C=O) groups excluding carboxylic acids is 3. The zero-order valence-corrected chi connectivity index (χ0v) is 16.2. The van der Waals surface area contributed by atoms with E-state index in [1.165, 1.54) is 19.3 Å². The fraction of sp³-hybridized carbons (Fsp3) is 0.850. The van der Waals surface area contributed by atoms with E-state index in [-0.39, 0.29) is 35.9 Å². The second kappa shape index (κ2) is 7.20. The summed E-state index contributed by atoms with van der Waals surface area (Å²) in [5.41, 5.74) is -0.590. The SMILES string of the molecule is CCC(C)(C)NC(=O)COC(=O)CNC(=O)C12CC3CC(CC(C3)C1)C2. The molecule has 6 nitrogen and oxygen atoms in total. The minimum absolute atomic E-state index is 0.00474. The number of hydrogen-bond donors (Lipinski definition) is 2. The van der Waals surface area contributed by atoms with Gasteiger partial charge in [0.05, 0.1) is 0 Å². The van der Waals surface area contributed by atoms with Gasteiger partial charge in [0.25, 0.3) is 5.91 Å². The largest absolute Gasteiger partial charge is 0.454 e. The van der Waals surface area contributed by atoms with Gasteiger partial charge in [-0.15, -0.1) is 0 Å². The number of ether oxygens (including phenoxy) is 1. The Bertz CT molecular complexity index is 549. The zero-order valence-electron chi connectivity index (χ0n) is 16.2. The van der Waals surface area contributed by atoms with Gasteiger partial charge in [-0.25, -0.2) is 0 Å². The molecule has 4 bridgehead atoms. The van der Waals surface area contributed by atoms with E-state index in [0.29, 0.717) is 17.8 Å². The molecular weight excluding hydrogens is 332 g/mol. The topological polar surface area (TPSA) is 84.5 Å². The molecule has 26 heavy (non-hydrogen) atoms. The third kappa shape index (κ3) is 4.21. The highest BCUT2D eigenvalue weighted by molar-refractivity contribution is 5.87. The second-order valence-corrected chi connectivity index (χ2v) is 9.33. The van der Waals surface area contributed by atoms with E-state index in [1.807, 2.05) is 20.8 Å². The third-order valence-electron chi connectivity index (χ3n) is 6.64. The summed E-state index contributed by atoms with van der Waals surface area (Å²) in [4.78, 5) is 36.5. The average Bonchev–Trinajstić information content (AvgIpc) is 2.56. The summed E-state index contributed by atoms with van der Waals surface area (Å²) < 4.78 is 5.00. The lowest BCUT2D eigenvalue weighted by molar-refractivity contribution is -0.152. The van der Waals surface area contributed by atoms with E-state index >= 15 is 0 Å². The monoisotopic (exact) mass is 364 g/mol. The molecule has 4 aliphatic carbocycles. The predicted octanol–water partition coefficient (Wildman–Crippen LogP) is 2.17. The van der Waals surface area contributed by atoms with Crippen molar-refractivity contribution in [2.24, 2.45) is 23.2 Å². The number of rotatable bonds is 7. The lowest BCUT2D eigenvalue weighted by Crippen LogP contribution is -2.54. The van der Waals surface area contributed by atoms with Crippen LogP contribution in [0.25, 0.3) is 0 Å². The van der Waals surface area contributed by atoms with Crippen LogP contribution in [0.4, 0.5) is 0 Å². The van der Waals surface area contributed by atoms with E-state index in [9.17, 15) is 14.4 Å². The third-order valence-corrected chi connectivity index (χ3v) is 6.64. The van der Waals surface area contributed by atoms with Crippen LogP contribution >= 0.6 is 0 Å². The van der Waals surface area contributed by atoms with Gasteiger partial charge < -0.3 is 15.4 Å². The van der Waals surface area contributed by atoms with E-state index < -0.39 is 5.97 Å². The highest BCUT2D eigenvalue weighted by Gasteiger charge is 2.54. The van der Waals surface area contributed by atoms with Gasteiger partial charge in [-0.3, -0.25) is 14.4 Å². The first-order valence-electron chi connectivity index (χ1n) is 9.96. The molecular formula is C20H32N2O4. The fourth-order valence-electron chi connectivity index (χ4n) is 5.43. The summed E-state index contributed by atoms with van der Waals surface area (Å²) in [6.07, 6.45) is 7.51. The number of amides is 2. The van der Waals surface area contributed by atoms with Crippen LogP contribution in [0, 0.1) is 23.2 Å². The Morgan fingerprint density at radius 3 is 2.08 bits per heavy atom. The molecule has 0 saturated heterocycles. The summed E-state index contributed by atoms with van der Waals surface area (Å²) >= 11 is 0. The van der Waals surface area contributed by atoms with Gasteiger partial charge in [-0.05, 0) is 76.5 Å². The Balaban J connectivity index is 1.42. The molecule has 4 saturated carbocycles. The molecule has 0 aromatic carbocycles. The van der Waals surface area contributed by atoms with Gasteiger partial charge >= 0.3 is 5.97 Å². The van der Waals surface area contributed by atoms with Crippen molar-refractivity contribution in [3.8, 4) is 0 Å². The van der Waals surface area contributed by atoms with Gasteiger partial charge in [0, 0.05) is 11.0 Å². The van der Waals surface area contributed by atoms with Crippen LogP contribution in [0.3, 0.4) is 0 Å². The van der Waals surface area contributed by atoms with Crippen molar-refractivity contribution in [3.63, 3.8) is 0 Å². The van der Waals surface area contributed by atoms with Crippen LogP contribution in [0.2, 0.25) is 0 Å². The molecule has 0 radical (unpaired) electrons. The normalized spacial score (nSPS) is 32.2. The minimum atomic E-state index is -0.562. The Kier molecular flexibility index (Phi) is 5.31. The molecule has 4 fully saturated rings. The number of esters is 1. The molecule has 0 aliphatic heterocycles. The minimum Gasteiger partial charge on any atom is -0.454 e. The Hall–Kier alpha value is -1.59. The van der Waals surface area contributed by atoms with Crippen molar-refractivity contribution < 1.29 is 19.1 Å². The van der Waals surface area contributed by atoms with E-state index in [2.05, 4.69) is 10.6 Å². The Morgan fingerprint density at radius 2 is 1.58 bits per heavy atom. The van der Waals surface area contributed by atoms with Crippen molar-refractivity contribution in [3.05, 3.63) is 0 Å². The maximum absolute atomic E-state index is 12.8. The Morgan fingerprint density at radius 1 is 1.04 bits per heavy atom. The second-order valence-electron chi connectivity index (χ2n) is 9.33. The highest BCUT2D eigenvalue weighted by Crippen LogP contribution is 2.60. The highest BCUT2D eigenvalue weighted by atomic mass is 16.5. The van der Waals surface area contributed by atoms with Crippen LogP contribution in [0.1, 0.15) is 65.7 Å². The molecule has 4 rings (SSSR count). The van der Waals surface area contributed by atoms with Gasteiger partial charge in [0.2, 0.25) is 5.91 Å². The molecule has 0 spiro atoms. The summed E-state index contributed by atoms with van der Waals surface area (Å²) in [7, 11) is 0. The van der Waals surface area contributed by atoms with Crippen LogP contribution in [-0.4, -0.2) is 36.5 Å². The predicted molar refractivity (Wildman–Crippen MR) is 97.1 cm³/mol. The molecule has 0 heterocycles. The van der Waals surface area contributed by atoms with Crippen molar-refractivity contribution >= 4 is 17.8 Å². The Labute approximate surface area is 155 Å². The summed E-state index contributed by atoms with van der Waals surface area (Å²) in [6.45, 7) is 5.34. The first-order valence-corrected chi connectivity index (χ1v) is 9.96. The van der Waals surface area contributed by atoms with Crippen molar-refractivity contribution in [1.82, 2.24) is 10.6 Å². The van der Waals surface area contributed by atoms with Crippen LogP contribution in [0.15, 0.2) is 0 Å². The summed E-state index contributed by atoms with van der Waals surface area (Å²) in [5.74, 6) is 1.17. The zero-order chi connectivity index (χ0) is 18.9. The van der Waals surface area contributed by atoms with Gasteiger partial charge in [0.15, 0.2) is 6.61 Å². The molecule has 0 unspecified atom stereocenters. The average molecular weight is 364 g/mol. The lowest BCUT2D eigenvalue weighted by Gasteiger charge is -2.55. The van der Waals surface area contributed by atoms with E-state index in [0.717, 1.165) is 25.7 Å². The molecule has 0 aromatic heterocycles. The molecule has 6 heteroatoms. The van der Waals surface area contributed by atoms with Crippen molar-refractivity contribution in [2.75, 3.05) is 13.2 Å². The van der Waals surface area contributed by atoms with Crippen LogP contribution in [-0.2, 0) is 19.1 Å². The fourth-order valence-corrected chi connectivity index (χ4v) is 5.43. The lowest BCUT2D eigenvalue weighted by atomic mass is 9.49. The van der Waals surface area contributed by atoms with E-state index in [1.54, 1.807) is 0 Å². The van der Waals surface area contributed by atoms with Gasteiger partial charge in [0.1, 0.15) is 6.54 Å². The van der Waals surface area contributed by atoms with Crippen LogP contribution < -0.4 is 10.6 Å². The maximum Gasteiger partial charge on any atom is 0.325 e. The smallest absolute Gasteiger partial charge is 0.325 e. The first-order chi connectivity index (χ1) is 12.2. The first kappa shape index (κ1) is 19.2. The molecule has 2 amide bonds. The van der Waals surface area contributed by atoms with Gasteiger partial charge in [-0.1, -0.05) is 6.92 Å². The van der Waals surface area contributed by atoms with Crippen molar-refractivity contribution in [1.29, 1.82) is 0 Å². The molecule has 4 aliphatic rings. The maximum atomic E-state index is 12.8.